The number of nitrogens with zero attached hydrogens (tertiary/aromatic N) is 4. The molecule has 0 spiro atoms. The molecule has 25 heavy (non-hydrogen) atoms. The zero-order chi connectivity index (χ0) is 17.4. The number of rotatable bonds is 4. The average Bonchev–Trinajstić information content (AvgIpc) is 3.15. The summed E-state index contributed by atoms with van der Waals surface area (Å²) >= 11 is 0. The van der Waals surface area contributed by atoms with E-state index in [9.17, 15) is 4.79 Å². The summed E-state index contributed by atoms with van der Waals surface area (Å²) in [4.78, 5) is 14.7. The summed E-state index contributed by atoms with van der Waals surface area (Å²) in [7, 11) is 0. The van der Waals surface area contributed by atoms with Crippen LogP contribution in [0.2, 0.25) is 0 Å². The van der Waals surface area contributed by atoms with Crippen LogP contribution in [0.4, 0.5) is 0 Å². The Morgan fingerprint density at radius 2 is 2.08 bits per heavy atom. The topological polar surface area (TPSA) is 56.2 Å². The van der Waals surface area contributed by atoms with Crippen LogP contribution in [0.1, 0.15) is 30.1 Å². The molecule has 1 saturated heterocycles. The van der Waals surface area contributed by atoms with E-state index in [0.29, 0.717) is 5.58 Å². The van der Waals surface area contributed by atoms with Crippen molar-refractivity contribution in [2.45, 2.75) is 32.4 Å². The van der Waals surface area contributed by atoms with Crippen molar-refractivity contribution < 1.29 is 4.42 Å². The van der Waals surface area contributed by atoms with Crippen LogP contribution < -0.4 is 5.76 Å². The summed E-state index contributed by atoms with van der Waals surface area (Å²) in [6.07, 6.45) is 5.62. The molecular weight excluding hydrogens is 316 g/mol. The van der Waals surface area contributed by atoms with Crippen molar-refractivity contribution in [1.29, 1.82) is 0 Å². The van der Waals surface area contributed by atoms with Gasteiger partial charge in [-0.25, -0.2) is 9.48 Å². The molecule has 0 bridgehead atoms. The lowest BCUT2D eigenvalue weighted by molar-refractivity contribution is 0.177. The van der Waals surface area contributed by atoms with E-state index in [0.717, 1.165) is 43.7 Å². The molecule has 3 heterocycles. The van der Waals surface area contributed by atoms with Gasteiger partial charge in [0.15, 0.2) is 5.58 Å². The molecule has 4 rings (SSSR count). The molecule has 0 atom stereocenters. The maximum Gasteiger partial charge on any atom is 0.420 e. The number of aromatic nitrogens is 3. The number of benzene rings is 1. The van der Waals surface area contributed by atoms with Gasteiger partial charge in [-0.05, 0) is 31.9 Å². The Morgan fingerprint density at radius 3 is 2.80 bits per heavy atom. The third-order valence-electron chi connectivity index (χ3n) is 5.04. The molecule has 6 heteroatoms. The molecule has 1 aliphatic rings. The van der Waals surface area contributed by atoms with E-state index in [1.54, 1.807) is 10.9 Å². The van der Waals surface area contributed by atoms with E-state index < -0.39 is 0 Å². The van der Waals surface area contributed by atoms with Crippen LogP contribution in [0.15, 0.2) is 46.3 Å². The van der Waals surface area contributed by atoms with E-state index in [-0.39, 0.29) is 11.8 Å². The monoisotopic (exact) mass is 338 g/mol. The van der Waals surface area contributed by atoms with E-state index in [1.165, 1.54) is 5.56 Å². The van der Waals surface area contributed by atoms with Crippen molar-refractivity contribution in [2.75, 3.05) is 13.1 Å². The number of hydrogen-bond donors (Lipinski definition) is 0. The van der Waals surface area contributed by atoms with Gasteiger partial charge in [0.25, 0.3) is 0 Å². The number of oxazole rings is 1. The smallest absolute Gasteiger partial charge is 0.408 e. The van der Waals surface area contributed by atoms with Crippen molar-refractivity contribution in [3.05, 3.63) is 58.8 Å². The molecule has 0 radical (unpaired) electrons. The number of hydrogen-bond acceptors (Lipinski definition) is 4. The van der Waals surface area contributed by atoms with Crippen molar-refractivity contribution >= 4 is 17.3 Å². The third kappa shape index (κ3) is 2.93. The predicted octanol–water partition coefficient (Wildman–Crippen LogP) is 3.04. The summed E-state index contributed by atoms with van der Waals surface area (Å²) in [6.45, 7) is 8.57. The molecule has 1 fully saturated rings. The van der Waals surface area contributed by atoms with Gasteiger partial charge in [0.1, 0.15) is 0 Å². The molecular formula is C19H22N4O2. The second-order valence-electron chi connectivity index (χ2n) is 6.62. The zero-order valence-electron chi connectivity index (χ0n) is 14.4. The van der Waals surface area contributed by atoms with Gasteiger partial charge in [-0.3, -0.25) is 9.47 Å². The molecule has 0 saturated carbocycles. The Morgan fingerprint density at radius 1 is 1.32 bits per heavy atom. The Hall–Kier alpha value is -2.60. The first-order valence-electron chi connectivity index (χ1n) is 8.65. The Bertz CT molecular complexity index is 957. The van der Waals surface area contributed by atoms with E-state index in [4.69, 9.17) is 4.42 Å². The maximum absolute atomic E-state index is 12.3. The quantitative estimate of drug-likeness (QED) is 0.734. The highest BCUT2D eigenvalue weighted by Crippen LogP contribution is 2.26. The lowest BCUT2D eigenvalue weighted by atomic mass is 10.0. The Labute approximate surface area is 146 Å². The molecule has 1 aromatic carbocycles. The molecule has 130 valence electrons. The van der Waals surface area contributed by atoms with Crippen molar-refractivity contribution in [3.8, 4) is 0 Å². The van der Waals surface area contributed by atoms with Crippen molar-refractivity contribution in [2.24, 2.45) is 0 Å². The number of aryl methyl sites for hydroxylation is 1. The van der Waals surface area contributed by atoms with Gasteiger partial charge in [-0.1, -0.05) is 18.7 Å². The minimum Gasteiger partial charge on any atom is -0.408 e. The fraction of sp³-hybridized carbons (Fsp3) is 0.368. The highest BCUT2D eigenvalue weighted by Gasteiger charge is 2.24. The highest BCUT2D eigenvalue weighted by atomic mass is 16.4. The first kappa shape index (κ1) is 15.9. The van der Waals surface area contributed by atoms with Crippen LogP contribution in [0, 0.1) is 6.92 Å². The molecule has 1 aliphatic heterocycles. The summed E-state index contributed by atoms with van der Waals surface area (Å²) in [5.74, 6) is -0.247. The first-order valence-corrected chi connectivity index (χ1v) is 8.65. The SMILES string of the molecule is C=Cn1cc(CN2CCC(n3c(=O)oc4ccccc43)CC2)c(C)n1. The number of likely N-dealkylation sites (tertiary alicyclic amines) is 1. The zero-order valence-corrected chi connectivity index (χ0v) is 14.4. The fourth-order valence-corrected chi connectivity index (χ4v) is 3.67. The minimum absolute atomic E-state index is 0.199. The first-order chi connectivity index (χ1) is 12.2. The molecule has 0 unspecified atom stereocenters. The normalized spacial score (nSPS) is 16.5. The van der Waals surface area contributed by atoms with Crippen LogP contribution >= 0.6 is 0 Å². The predicted molar refractivity (Wildman–Crippen MR) is 97.4 cm³/mol. The van der Waals surface area contributed by atoms with Crippen molar-refractivity contribution in [3.63, 3.8) is 0 Å². The van der Waals surface area contributed by atoms with Crippen LogP contribution in [0.25, 0.3) is 17.3 Å². The Kier molecular flexibility index (Phi) is 4.05. The largest absolute Gasteiger partial charge is 0.420 e. The number of piperidine rings is 1. The molecule has 3 aromatic rings. The van der Waals surface area contributed by atoms with E-state index >= 15 is 0 Å². The lowest BCUT2D eigenvalue weighted by Crippen LogP contribution is -2.36. The molecule has 0 amide bonds. The Balaban J connectivity index is 1.47. The maximum atomic E-state index is 12.3. The van der Waals surface area contributed by atoms with Gasteiger partial charge in [0.2, 0.25) is 0 Å². The van der Waals surface area contributed by atoms with E-state index in [2.05, 4.69) is 16.6 Å². The second kappa shape index (κ2) is 6.37. The molecule has 0 aliphatic carbocycles. The van der Waals surface area contributed by atoms with Crippen LogP contribution in [-0.2, 0) is 6.54 Å². The number of para-hydroxylation sites is 2. The van der Waals surface area contributed by atoms with E-state index in [1.807, 2.05) is 42.0 Å². The molecule has 2 aromatic heterocycles. The standard InChI is InChI=1S/C19H22N4O2/c1-3-22-13-15(14(2)20-22)12-21-10-8-16(9-11-21)23-17-6-4-5-7-18(17)25-19(23)24/h3-7,13,16H,1,8-12H2,2H3. The number of fused-ring (bicyclic) bond motifs is 1. The van der Waals surface area contributed by atoms with Gasteiger partial charge < -0.3 is 4.42 Å². The van der Waals surface area contributed by atoms with Gasteiger partial charge in [0, 0.05) is 43.6 Å². The van der Waals surface area contributed by atoms with Crippen molar-refractivity contribution in [1.82, 2.24) is 19.2 Å². The van der Waals surface area contributed by atoms with Crippen LogP contribution in [0.5, 0.6) is 0 Å². The van der Waals surface area contributed by atoms with Gasteiger partial charge >= 0.3 is 5.76 Å². The van der Waals surface area contributed by atoms with Gasteiger partial charge in [-0.15, -0.1) is 0 Å². The highest BCUT2D eigenvalue weighted by molar-refractivity contribution is 5.72. The van der Waals surface area contributed by atoms with Crippen LogP contribution in [-0.4, -0.2) is 32.3 Å². The summed E-state index contributed by atoms with van der Waals surface area (Å²) in [6, 6.07) is 7.85. The summed E-state index contributed by atoms with van der Waals surface area (Å²) in [5.41, 5.74) is 3.83. The lowest BCUT2D eigenvalue weighted by Gasteiger charge is -2.32. The second-order valence-corrected chi connectivity index (χ2v) is 6.62. The average molecular weight is 338 g/mol. The van der Waals surface area contributed by atoms with Gasteiger partial charge in [-0.2, -0.15) is 5.10 Å². The van der Waals surface area contributed by atoms with Crippen LogP contribution in [0.3, 0.4) is 0 Å². The summed E-state index contributed by atoms with van der Waals surface area (Å²) < 4.78 is 8.96. The van der Waals surface area contributed by atoms with Gasteiger partial charge in [0.05, 0.1) is 11.2 Å². The third-order valence-corrected chi connectivity index (χ3v) is 5.04. The summed E-state index contributed by atoms with van der Waals surface area (Å²) in [5, 5.41) is 4.41. The minimum atomic E-state index is -0.247. The molecule has 0 N–H and O–H groups in total. The molecule has 6 nitrogen and oxygen atoms in total. The fourth-order valence-electron chi connectivity index (χ4n) is 3.67.